The highest BCUT2D eigenvalue weighted by molar-refractivity contribution is 5.89. The molecule has 2 aromatic carbocycles. The first-order chi connectivity index (χ1) is 14.7. The van der Waals surface area contributed by atoms with Crippen LogP contribution < -0.4 is 9.47 Å². The largest absolute Gasteiger partial charge is 0.496 e. The van der Waals surface area contributed by atoms with Crippen molar-refractivity contribution in [2.45, 2.75) is 13.0 Å². The molecule has 2 heterocycles. The minimum Gasteiger partial charge on any atom is -0.496 e. The second-order valence-corrected chi connectivity index (χ2v) is 7.34. The summed E-state index contributed by atoms with van der Waals surface area (Å²) >= 11 is 0. The molecule has 4 rings (SSSR count). The molecular formula is C25H26N2O3. The molecule has 0 N–H and O–H groups in total. The number of pyridine rings is 1. The zero-order valence-corrected chi connectivity index (χ0v) is 17.6. The predicted octanol–water partition coefficient (Wildman–Crippen LogP) is 5.19. The SMILES string of the molecule is COc1ccccc1-c1cc2cc(CN(C)CCc3ccccn3)cc(OC)c2o1. The number of hydrogen-bond acceptors (Lipinski definition) is 5. The van der Waals surface area contributed by atoms with Crippen LogP contribution >= 0.6 is 0 Å². The van der Waals surface area contributed by atoms with Crippen molar-refractivity contribution in [3.05, 3.63) is 78.1 Å². The molecule has 5 heteroatoms. The van der Waals surface area contributed by atoms with Crippen molar-refractivity contribution in [3.8, 4) is 22.8 Å². The molecule has 0 unspecified atom stereocenters. The summed E-state index contributed by atoms with van der Waals surface area (Å²) in [5.41, 5.74) is 3.95. The topological polar surface area (TPSA) is 47.7 Å². The summed E-state index contributed by atoms with van der Waals surface area (Å²) in [6, 6.07) is 20.2. The number of likely N-dealkylation sites (N-methyl/N-ethyl adjacent to an activating group) is 1. The molecule has 0 saturated heterocycles. The summed E-state index contributed by atoms with van der Waals surface area (Å²) in [5, 5.41) is 1.02. The Balaban J connectivity index is 1.57. The Hall–Kier alpha value is -3.31. The zero-order chi connectivity index (χ0) is 20.9. The van der Waals surface area contributed by atoms with E-state index >= 15 is 0 Å². The maximum absolute atomic E-state index is 6.16. The number of furan rings is 1. The monoisotopic (exact) mass is 402 g/mol. The van der Waals surface area contributed by atoms with Crippen molar-refractivity contribution in [2.24, 2.45) is 0 Å². The van der Waals surface area contributed by atoms with Crippen LogP contribution in [-0.2, 0) is 13.0 Å². The molecule has 0 amide bonds. The molecule has 0 saturated carbocycles. The lowest BCUT2D eigenvalue weighted by atomic mass is 10.1. The normalized spacial score (nSPS) is 11.2. The van der Waals surface area contributed by atoms with Gasteiger partial charge in [-0.15, -0.1) is 0 Å². The summed E-state index contributed by atoms with van der Waals surface area (Å²) in [5.74, 6) is 2.29. The fourth-order valence-corrected chi connectivity index (χ4v) is 3.65. The van der Waals surface area contributed by atoms with E-state index in [9.17, 15) is 0 Å². The van der Waals surface area contributed by atoms with Crippen molar-refractivity contribution in [2.75, 3.05) is 27.8 Å². The Kier molecular flexibility index (Phi) is 6.00. The minimum atomic E-state index is 0.738. The van der Waals surface area contributed by atoms with Gasteiger partial charge in [0.25, 0.3) is 0 Å². The highest BCUT2D eigenvalue weighted by Gasteiger charge is 2.15. The zero-order valence-electron chi connectivity index (χ0n) is 17.6. The fraction of sp³-hybridized carbons (Fsp3) is 0.240. The summed E-state index contributed by atoms with van der Waals surface area (Å²) in [7, 11) is 5.46. The predicted molar refractivity (Wildman–Crippen MR) is 119 cm³/mol. The van der Waals surface area contributed by atoms with Crippen molar-refractivity contribution >= 4 is 11.0 Å². The number of rotatable bonds is 8. The molecule has 5 nitrogen and oxygen atoms in total. The van der Waals surface area contributed by atoms with Crippen LogP contribution in [0.25, 0.3) is 22.3 Å². The van der Waals surface area contributed by atoms with E-state index in [0.29, 0.717) is 0 Å². The third-order valence-electron chi connectivity index (χ3n) is 5.16. The maximum Gasteiger partial charge on any atom is 0.176 e. The highest BCUT2D eigenvalue weighted by Crippen LogP contribution is 2.38. The Bertz CT molecular complexity index is 1120. The summed E-state index contributed by atoms with van der Waals surface area (Å²) in [6.45, 7) is 1.74. The first-order valence-electron chi connectivity index (χ1n) is 10.00. The van der Waals surface area contributed by atoms with E-state index in [0.717, 1.165) is 59.0 Å². The van der Waals surface area contributed by atoms with Crippen LogP contribution in [0.4, 0.5) is 0 Å². The molecule has 0 fully saturated rings. The van der Waals surface area contributed by atoms with Crippen molar-refractivity contribution < 1.29 is 13.9 Å². The molecule has 154 valence electrons. The third-order valence-corrected chi connectivity index (χ3v) is 5.16. The Morgan fingerprint density at radius 1 is 0.933 bits per heavy atom. The van der Waals surface area contributed by atoms with E-state index in [1.165, 1.54) is 5.56 Å². The molecule has 0 aliphatic carbocycles. The third kappa shape index (κ3) is 4.31. The van der Waals surface area contributed by atoms with Gasteiger partial charge >= 0.3 is 0 Å². The van der Waals surface area contributed by atoms with Crippen molar-refractivity contribution in [3.63, 3.8) is 0 Å². The summed E-state index contributed by atoms with van der Waals surface area (Å²) < 4.78 is 17.3. The van der Waals surface area contributed by atoms with Gasteiger partial charge in [-0.25, -0.2) is 0 Å². The average Bonchev–Trinajstić information content (AvgIpc) is 3.22. The van der Waals surface area contributed by atoms with E-state index in [2.05, 4.69) is 35.1 Å². The molecule has 0 aliphatic rings. The van der Waals surface area contributed by atoms with Gasteiger partial charge in [-0.3, -0.25) is 4.98 Å². The molecule has 0 atom stereocenters. The van der Waals surface area contributed by atoms with E-state index in [-0.39, 0.29) is 0 Å². The van der Waals surface area contributed by atoms with Crippen molar-refractivity contribution in [1.82, 2.24) is 9.88 Å². The van der Waals surface area contributed by atoms with Crippen LogP contribution in [0.5, 0.6) is 11.5 Å². The second-order valence-electron chi connectivity index (χ2n) is 7.34. The van der Waals surface area contributed by atoms with Crippen LogP contribution in [0.15, 0.2) is 71.3 Å². The lowest BCUT2D eigenvalue weighted by Crippen LogP contribution is -2.21. The van der Waals surface area contributed by atoms with Gasteiger partial charge in [0.15, 0.2) is 11.3 Å². The van der Waals surface area contributed by atoms with Crippen LogP contribution in [0, 0.1) is 0 Å². The molecule has 4 aromatic rings. The Labute approximate surface area is 176 Å². The van der Waals surface area contributed by atoms with Gasteiger partial charge in [0.05, 0.1) is 19.8 Å². The van der Waals surface area contributed by atoms with Gasteiger partial charge in [0, 0.05) is 36.8 Å². The van der Waals surface area contributed by atoms with Gasteiger partial charge in [-0.05, 0) is 55.1 Å². The quantitative estimate of drug-likeness (QED) is 0.406. The maximum atomic E-state index is 6.16. The molecule has 30 heavy (non-hydrogen) atoms. The van der Waals surface area contributed by atoms with Crippen LogP contribution in [0.1, 0.15) is 11.3 Å². The Morgan fingerprint density at radius 3 is 2.50 bits per heavy atom. The van der Waals surface area contributed by atoms with E-state index in [1.54, 1.807) is 14.2 Å². The second kappa shape index (κ2) is 9.01. The summed E-state index contributed by atoms with van der Waals surface area (Å²) in [6.07, 6.45) is 2.76. The van der Waals surface area contributed by atoms with E-state index in [4.69, 9.17) is 13.9 Å². The minimum absolute atomic E-state index is 0.738. The summed E-state index contributed by atoms with van der Waals surface area (Å²) in [4.78, 5) is 6.69. The Morgan fingerprint density at radius 2 is 1.73 bits per heavy atom. The first kappa shape index (κ1) is 20.0. The van der Waals surface area contributed by atoms with E-state index in [1.807, 2.05) is 48.7 Å². The molecule has 0 radical (unpaired) electrons. The molecular weight excluding hydrogens is 376 g/mol. The smallest absolute Gasteiger partial charge is 0.176 e. The molecule has 0 spiro atoms. The lowest BCUT2D eigenvalue weighted by molar-refractivity contribution is 0.329. The van der Waals surface area contributed by atoms with Gasteiger partial charge in [0.2, 0.25) is 0 Å². The number of fused-ring (bicyclic) bond motifs is 1. The van der Waals surface area contributed by atoms with Gasteiger partial charge in [-0.2, -0.15) is 0 Å². The standard InChI is InChI=1S/C25H26N2O3/c1-27(13-11-20-8-6-7-12-26-20)17-18-14-19-16-23(30-25(19)24(15-18)29-3)21-9-4-5-10-22(21)28-2/h4-10,12,14-16H,11,13,17H2,1-3H3. The lowest BCUT2D eigenvalue weighted by Gasteiger charge is -2.17. The first-order valence-corrected chi connectivity index (χ1v) is 10.00. The number of methoxy groups -OCH3 is 2. The number of benzene rings is 2. The molecule has 0 bridgehead atoms. The number of hydrogen-bond donors (Lipinski definition) is 0. The average molecular weight is 402 g/mol. The van der Waals surface area contributed by atoms with Crippen LogP contribution in [0.2, 0.25) is 0 Å². The van der Waals surface area contributed by atoms with E-state index < -0.39 is 0 Å². The van der Waals surface area contributed by atoms with Crippen LogP contribution in [0.3, 0.4) is 0 Å². The number of aromatic nitrogens is 1. The van der Waals surface area contributed by atoms with Crippen molar-refractivity contribution in [1.29, 1.82) is 0 Å². The number of ether oxygens (including phenoxy) is 2. The fourth-order valence-electron chi connectivity index (χ4n) is 3.65. The molecule has 2 aromatic heterocycles. The highest BCUT2D eigenvalue weighted by atomic mass is 16.5. The van der Waals surface area contributed by atoms with Gasteiger partial charge < -0.3 is 18.8 Å². The number of nitrogens with zero attached hydrogens (tertiary/aromatic N) is 2. The van der Waals surface area contributed by atoms with Gasteiger partial charge in [0.1, 0.15) is 11.5 Å². The van der Waals surface area contributed by atoms with Crippen LogP contribution in [-0.4, -0.2) is 37.7 Å². The number of para-hydroxylation sites is 1. The van der Waals surface area contributed by atoms with Gasteiger partial charge in [-0.1, -0.05) is 18.2 Å². The molecule has 0 aliphatic heterocycles.